The summed E-state index contributed by atoms with van der Waals surface area (Å²) in [5, 5.41) is 3.09. The molecule has 1 aromatic heterocycles. The van der Waals surface area contributed by atoms with Crippen molar-refractivity contribution in [2.45, 2.75) is 6.54 Å². The number of hydrogen-bond acceptors (Lipinski definition) is 3. The van der Waals surface area contributed by atoms with E-state index in [1.807, 2.05) is 83.3 Å². The standard InChI is InChI=1S/C22H23N3OS/c26-22(18-7-9-20(10-8-18)25-11-3-4-12-25)23-21-6-2-1-5-19(21)17-24-13-15-27-16-14-24/h1-12H,13-17H2,(H,23,26). The average molecular weight is 378 g/mol. The molecular weight excluding hydrogens is 354 g/mol. The Morgan fingerprint density at radius 1 is 0.926 bits per heavy atom. The van der Waals surface area contributed by atoms with Gasteiger partial charge in [-0.05, 0) is 48.0 Å². The maximum absolute atomic E-state index is 12.7. The zero-order valence-corrected chi connectivity index (χ0v) is 16.0. The summed E-state index contributed by atoms with van der Waals surface area (Å²) in [7, 11) is 0. The summed E-state index contributed by atoms with van der Waals surface area (Å²) in [6, 6.07) is 19.7. The number of carbonyl (C=O) groups is 1. The summed E-state index contributed by atoms with van der Waals surface area (Å²) < 4.78 is 2.02. The van der Waals surface area contributed by atoms with Crippen LogP contribution in [-0.2, 0) is 6.54 Å². The number of nitrogens with zero attached hydrogens (tertiary/aromatic N) is 2. The van der Waals surface area contributed by atoms with E-state index in [1.165, 1.54) is 17.1 Å². The number of aromatic nitrogens is 1. The lowest BCUT2D eigenvalue weighted by Crippen LogP contribution is -2.32. The van der Waals surface area contributed by atoms with E-state index in [-0.39, 0.29) is 5.91 Å². The van der Waals surface area contributed by atoms with Gasteiger partial charge in [-0.1, -0.05) is 18.2 Å². The zero-order chi connectivity index (χ0) is 18.5. The van der Waals surface area contributed by atoms with Gasteiger partial charge in [0.15, 0.2) is 0 Å². The number of carbonyl (C=O) groups excluding carboxylic acids is 1. The Hall–Kier alpha value is -2.50. The van der Waals surface area contributed by atoms with Crippen LogP contribution < -0.4 is 5.32 Å². The lowest BCUT2D eigenvalue weighted by atomic mass is 10.1. The van der Waals surface area contributed by atoms with Crippen LogP contribution in [0.4, 0.5) is 5.69 Å². The van der Waals surface area contributed by atoms with Crippen molar-refractivity contribution in [3.8, 4) is 5.69 Å². The first-order chi connectivity index (χ1) is 13.3. The van der Waals surface area contributed by atoms with Crippen LogP contribution in [0.2, 0.25) is 0 Å². The topological polar surface area (TPSA) is 37.3 Å². The molecule has 27 heavy (non-hydrogen) atoms. The number of amides is 1. The molecule has 1 amide bonds. The molecule has 0 unspecified atom stereocenters. The van der Waals surface area contributed by atoms with Crippen LogP contribution in [0.3, 0.4) is 0 Å². The Bertz CT molecular complexity index is 884. The first-order valence-corrected chi connectivity index (χ1v) is 10.4. The normalized spacial score (nSPS) is 14.8. The minimum Gasteiger partial charge on any atom is -0.324 e. The van der Waals surface area contributed by atoms with Crippen LogP contribution in [0, 0.1) is 0 Å². The molecule has 0 radical (unpaired) electrons. The lowest BCUT2D eigenvalue weighted by Gasteiger charge is -2.27. The maximum Gasteiger partial charge on any atom is 0.255 e. The van der Waals surface area contributed by atoms with Crippen molar-refractivity contribution in [3.05, 3.63) is 84.2 Å². The number of para-hydroxylation sites is 1. The molecule has 138 valence electrons. The second-order valence-electron chi connectivity index (χ2n) is 6.64. The monoisotopic (exact) mass is 377 g/mol. The van der Waals surface area contributed by atoms with Crippen LogP contribution in [0.5, 0.6) is 0 Å². The van der Waals surface area contributed by atoms with Crippen LogP contribution >= 0.6 is 11.8 Å². The number of nitrogens with one attached hydrogen (secondary N) is 1. The van der Waals surface area contributed by atoms with E-state index < -0.39 is 0 Å². The molecule has 5 heteroatoms. The smallest absolute Gasteiger partial charge is 0.255 e. The van der Waals surface area contributed by atoms with Gasteiger partial charge in [-0.25, -0.2) is 0 Å². The fourth-order valence-corrected chi connectivity index (χ4v) is 4.25. The van der Waals surface area contributed by atoms with Crippen LogP contribution in [0.1, 0.15) is 15.9 Å². The quantitative estimate of drug-likeness (QED) is 0.721. The predicted octanol–water partition coefficient (Wildman–Crippen LogP) is 4.28. The van der Waals surface area contributed by atoms with Crippen LogP contribution in [-0.4, -0.2) is 40.0 Å². The fraction of sp³-hybridized carbons (Fsp3) is 0.227. The highest BCUT2D eigenvalue weighted by Gasteiger charge is 2.14. The highest BCUT2D eigenvalue weighted by atomic mass is 32.2. The molecule has 1 saturated heterocycles. The molecular formula is C22H23N3OS. The van der Waals surface area contributed by atoms with Crippen molar-refractivity contribution >= 4 is 23.4 Å². The SMILES string of the molecule is O=C(Nc1ccccc1CN1CCSCC1)c1ccc(-n2cccc2)cc1. The molecule has 1 aliphatic heterocycles. The number of anilines is 1. The van der Waals surface area contributed by atoms with Gasteiger partial charge in [0.2, 0.25) is 0 Å². The van der Waals surface area contributed by atoms with E-state index >= 15 is 0 Å². The Kier molecular flexibility index (Phi) is 5.61. The van der Waals surface area contributed by atoms with E-state index in [1.54, 1.807) is 0 Å². The first kappa shape index (κ1) is 17.9. The van der Waals surface area contributed by atoms with Crippen molar-refractivity contribution in [2.24, 2.45) is 0 Å². The molecule has 1 fully saturated rings. The number of benzene rings is 2. The molecule has 4 nitrogen and oxygen atoms in total. The van der Waals surface area contributed by atoms with E-state index in [0.29, 0.717) is 5.56 Å². The Balaban J connectivity index is 1.46. The second kappa shape index (κ2) is 8.46. The minimum atomic E-state index is -0.0734. The van der Waals surface area contributed by atoms with Gasteiger partial charge in [-0.2, -0.15) is 11.8 Å². The molecule has 3 aromatic rings. The largest absolute Gasteiger partial charge is 0.324 e. The van der Waals surface area contributed by atoms with Crippen LogP contribution in [0.15, 0.2) is 73.1 Å². The Morgan fingerprint density at radius 3 is 2.37 bits per heavy atom. The molecule has 4 rings (SSSR count). The van der Waals surface area contributed by atoms with Crippen molar-refractivity contribution in [2.75, 3.05) is 29.9 Å². The molecule has 1 aliphatic rings. The van der Waals surface area contributed by atoms with Gasteiger partial charge in [-0.15, -0.1) is 0 Å². The summed E-state index contributed by atoms with van der Waals surface area (Å²) in [5.74, 6) is 2.29. The first-order valence-electron chi connectivity index (χ1n) is 9.22. The van der Waals surface area contributed by atoms with Crippen molar-refractivity contribution in [1.82, 2.24) is 9.47 Å². The molecule has 2 aromatic carbocycles. The van der Waals surface area contributed by atoms with Gasteiger partial charge in [0, 0.05) is 60.5 Å². The molecule has 1 N–H and O–H groups in total. The highest BCUT2D eigenvalue weighted by Crippen LogP contribution is 2.21. The van der Waals surface area contributed by atoms with Gasteiger partial charge in [0.1, 0.15) is 0 Å². The lowest BCUT2D eigenvalue weighted by molar-refractivity contribution is 0.102. The van der Waals surface area contributed by atoms with Gasteiger partial charge in [0.05, 0.1) is 0 Å². The van der Waals surface area contributed by atoms with Gasteiger partial charge in [0.25, 0.3) is 5.91 Å². The molecule has 0 spiro atoms. The van der Waals surface area contributed by atoms with Crippen molar-refractivity contribution in [3.63, 3.8) is 0 Å². The summed E-state index contributed by atoms with van der Waals surface area (Å²) in [4.78, 5) is 15.2. The van der Waals surface area contributed by atoms with Gasteiger partial charge < -0.3 is 9.88 Å². The highest BCUT2D eigenvalue weighted by molar-refractivity contribution is 7.99. The molecule has 0 atom stereocenters. The summed E-state index contributed by atoms with van der Waals surface area (Å²) in [5.41, 5.74) is 3.77. The van der Waals surface area contributed by atoms with Crippen molar-refractivity contribution in [1.29, 1.82) is 0 Å². The van der Waals surface area contributed by atoms with E-state index in [2.05, 4.69) is 16.3 Å². The third-order valence-electron chi connectivity index (χ3n) is 4.80. The second-order valence-corrected chi connectivity index (χ2v) is 7.86. The Morgan fingerprint density at radius 2 is 1.63 bits per heavy atom. The fourth-order valence-electron chi connectivity index (χ4n) is 3.27. The number of rotatable bonds is 5. The molecule has 0 saturated carbocycles. The predicted molar refractivity (Wildman–Crippen MR) is 113 cm³/mol. The van der Waals surface area contributed by atoms with E-state index in [0.717, 1.165) is 31.0 Å². The van der Waals surface area contributed by atoms with Crippen molar-refractivity contribution < 1.29 is 4.79 Å². The van der Waals surface area contributed by atoms with Gasteiger partial charge in [-0.3, -0.25) is 9.69 Å². The van der Waals surface area contributed by atoms with Gasteiger partial charge >= 0.3 is 0 Å². The third-order valence-corrected chi connectivity index (χ3v) is 5.74. The van der Waals surface area contributed by atoms with E-state index in [4.69, 9.17) is 0 Å². The zero-order valence-electron chi connectivity index (χ0n) is 15.2. The average Bonchev–Trinajstić information content (AvgIpc) is 3.25. The molecule has 0 aliphatic carbocycles. The minimum absolute atomic E-state index is 0.0734. The van der Waals surface area contributed by atoms with Crippen LogP contribution in [0.25, 0.3) is 5.69 Å². The number of thioether (sulfide) groups is 1. The summed E-state index contributed by atoms with van der Waals surface area (Å²) >= 11 is 2.01. The summed E-state index contributed by atoms with van der Waals surface area (Å²) in [6.07, 6.45) is 3.98. The van der Waals surface area contributed by atoms with E-state index in [9.17, 15) is 4.79 Å². The maximum atomic E-state index is 12.7. The molecule has 0 bridgehead atoms. The Labute approximate surface area is 164 Å². The summed E-state index contributed by atoms with van der Waals surface area (Å²) in [6.45, 7) is 3.09. The number of hydrogen-bond donors (Lipinski definition) is 1. The third kappa shape index (κ3) is 4.43. The molecule has 2 heterocycles.